The summed E-state index contributed by atoms with van der Waals surface area (Å²) in [7, 11) is 0. The molecule has 2 aromatic carbocycles. The number of carbonyl (C=O) groups is 1. The third-order valence-corrected chi connectivity index (χ3v) is 3.99. The summed E-state index contributed by atoms with van der Waals surface area (Å²) in [6, 6.07) is 15.2. The SMILES string of the molecule is CC(N)CCNC(=O)c1ccc(COc2ccccc2Br)cc1. The summed E-state index contributed by atoms with van der Waals surface area (Å²) in [4.78, 5) is 12.0. The van der Waals surface area contributed by atoms with Crippen LogP contribution in [0, 0.1) is 0 Å². The molecule has 0 radical (unpaired) electrons. The van der Waals surface area contributed by atoms with Crippen molar-refractivity contribution in [2.75, 3.05) is 6.54 Å². The van der Waals surface area contributed by atoms with E-state index in [1.54, 1.807) is 12.1 Å². The molecule has 0 saturated heterocycles. The van der Waals surface area contributed by atoms with E-state index in [9.17, 15) is 4.79 Å². The Balaban J connectivity index is 1.87. The lowest BCUT2D eigenvalue weighted by atomic mass is 10.1. The molecule has 0 aliphatic heterocycles. The van der Waals surface area contributed by atoms with E-state index in [1.807, 2.05) is 43.3 Å². The minimum absolute atomic E-state index is 0.0797. The number of carbonyl (C=O) groups excluding carboxylic acids is 1. The molecule has 4 nitrogen and oxygen atoms in total. The van der Waals surface area contributed by atoms with Crippen molar-refractivity contribution in [3.63, 3.8) is 0 Å². The molecule has 0 bridgehead atoms. The van der Waals surface area contributed by atoms with Crippen molar-refractivity contribution in [1.29, 1.82) is 0 Å². The number of nitrogens with two attached hydrogens (primary N) is 1. The van der Waals surface area contributed by atoms with Gasteiger partial charge in [0.2, 0.25) is 0 Å². The van der Waals surface area contributed by atoms with Crippen molar-refractivity contribution in [2.24, 2.45) is 5.73 Å². The number of benzene rings is 2. The van der Waals surface area contributed by atoms with E-state index in [4.69, 9.17) is 10.5 Å². The molecule has 2 aromatic rings. The number of para-hydroxylation sites is 1. The maximum Gasteiger partial charge on any atom is 0.251 e. The van der Waals surface area contributed by atoms with Crippen molar-refractivity contribution in [3.05, 3.63) is 64.1 Å². The largest absolute Gasteiger partial charge is 0.488 e. The summed E-state index contributed by atoms with van der Waals surface area (Å²) in [5.74, 6) is 0.717. The highest BCUT2D eigenvalue weighted by molar-refractivity contribution is 9.10. The summed E-state index contributed by atoms with van der Waals surface area (Å²) >= 11 is 3.45. The highest BCUT2D eigenvalue weighted by Gasteiger charge is 2.06. The van der Waals surface area contributed by atoms with Gasteiger partial charge in [-0.25, -0.2) is 0 Å². The van der Waals surface area contributed by atoms with E-state index >= 15 is 0 Å². The van der Waals surface area contributed by atoms with Gasteiger partial charge in [-0.15, -0.1) is 0 Å². The van der Waals surface area contributed by atoms with Crippen LogP contribution in [0.25, 0.3) is 0 Å². The van der Waals surface area contributed by atoms with Gasteiger partial charge in [0, 0.05) is 18.2 Å². The summed E-state index contributed by atoms with van der Waals surface area (Å²) in [6.45, 7) is 2.96. The Labute approximate surface area is 145 Å². The van der Waals surface area contributed by atoms with Gasteiger partial charge in [-0.05, 0) is 59.1 Å². The quantitative estimate of drug-likeness (QED) is 0.776. The lowest BCUT2D eigenvalue weighted by Gasteiger charge is -2.09. The highest BCUT2D eigenvalue weighted by atomic mass is 79.9. The molecule has 5 heteroatoms. The van der Waals surface area contributed by atoms with Crippen LogP contribution in [0.2, 0.25) is 0 Å². The molecular formula is C18H21BrN2O2. The second-order valence-electron chi connectivity index (χ2n) is 5.44. The van der Waals surface area contributed by atoms with Crippen LogP contribution in [0.15, 0.2) is 53.0 Å². The molecule has 0 aromatic heterocycles. The zero-order valence-electron chi connectivity index (χ0n) is 13.1. The molecular weight excluding hydrogens is 356 g/mol. The fraction of sp³-hybridized carbons (Fsp3) is 0.278. The van der Waals surface area contributed by atoms with Gasteiger partial charge in [0.25, 0.3) is 5.91 Å². The second kappa shape index (κ2) is 8.70. The number of rotatable bonds is 7. The van der Waals surface area contributed by atoms with Gasteiger partial charge in [-0.2, -0.15) is 0 Å². The number of hydrogen-bond acceptors (Lipinski definition) is 3. The molecule has 2 rings (SSSR count). The number of hydrogen-bond donors (Lipinski definition) is 2. The van der Waals surface area contributed by atoms with Gasteiger partial charge in [-0.3, -0.25) is 4.79 Å². The first-order valence-corrected chi connectivity index (χ1v) is 8.35. The molecule has 0 aliphatic rings. The average molecular weight is 377 g/mol. The smallest absolute Gasteiger partial charge is 0.251 e. The maximum atomic E-state index is 12.0. The van der Waals surface area contributed by atoms with Crippen LogP contribution in [-0.4, -0.2) is 18.5 Å². The fourth-order valence-electron chi connectivity index (χ4n) is 1.99. The van der Waals surface area contributed by atoms with Crippen LogP contribution >= 0.6 is 15.9 Å². The maximum absolute atomic E-state index is 12.0. The molecule has 0 saturated carbocycles. The predicted octanol–water partition coefficient (Wildman–Crippen LogP) is 3.50. The normalized spacial score (nSPS) is 11.8. The van der Waals surface area contributed by atoms with Gasteiger partial charge in [-0.1, -0.05) is 24.3 Å². The van der Waals surface area contributed by atoms with Crippen molar-refractivity contribution in [1.82, 2.24) is 5.32 Å². The Morgan fingerprint density at radius 2 is 1.91 bits per heavy atom. The van der Waals surface area contributed by atoms with Crippen LogP contribution in [-0.2, 0) is 6.61 Å². The monoisotopic (exact) mass is 376 g/mol. The molecule has 1 unspecified atom stereocenters. The van der Waals surface area contributed by atoms with E-state index in [0.717, 1.165) is 22.2 Å². The van der Waals surface area contributed by atoms with E-state index in [1.165, 1.54) is 0 Å². The van der Waals surface area contributed by atoms with Crippen molar-refractivity contribution in [2.45, 2.75) is 26.0 Å². The average Bonchev–Trinajstić information content (AvgIpc) is 2.54. The van der Waals surface area contributed by atoms with Gasteiger partial charge in [0.15, 0.2) is 0 Å². The lowest BCUT2D eigenvalue weighted by Crippen LogP contribution is -2.28. The Morgan fingerprint density at radius 1 is 1.22 bits per heavy atom. The molecule has 23 heavy (non-hydrogen) atoms. The molecule has 122 valence electrons. The third-order valence-electron chi connectivity index (χ3n) is 3.33. The number of ether oxygens (including phenoxy) is 1. The standard InChI is InChI=1S/C18H21BrN2O2/c1-13(20)10-11-21-18(22)15-8-6-14(7-9-15)12-23-17-5-3-2-4-16(17)19/h2-9,13H,10-12,20H2,1H3,(H,21,22). The van der Waals surface area contributed by atoms with Crippen LogP contribution < -0.4 is 15.8 Å². The van der Waals surface area contributed by atoms with E-state index in [-0.39, 0.29) is 11.9 Å². The Kier molecular flexibility index (Phi) is 6.62. The van der Waals surface area contributed by atoms with Gasteiger partial charge >= 0.3 is 0 Å². The minimum atomic E-state index is -0.0797. The fourth-order valence-corrected chi connectivity index (χ4v) is 2.39. The summed E-state index contributed by atoms with van der Waals surface area (Å²) < 4.78 is 6.67. The zero-order chi connectivity index (χ0) is 16.7. The van der Waals surface area contributed by atoms with Crippen LogP contribution in [0.4, 0.5) is 0 Å². The lowest BCUT2D eigenvalue weighted by molar-refractivity contribution is 0.0952. The Hall–Kier alpha value is -1.85. The molecule has 0 heterocycles. The summed E-state index contributed by atoms with van der Waals surface area (Å²) in [5, 5.41) is 2.86. The van der Waals surface area contributed by atoms with E-state index < -0.39 is 0 Å². The third kappa shape index (κ3) is 5.69. The number of nitrogens with one attached hydrogen (secondary N) is 1. The number of halogens is 1. The topological polar surface area (TPSA) is 64.3 Å². The van der Waals surface area contributed by atoms with Gasteiger partial charge < -0.3 is 15.8 Å². The summed E-state index contributed by atoms with van der Waals surface area (Å²) in [6.07, 6.45) is 0.767. The Bertz CT molecular complexity index is 642. The first-order chi connectivity index (χ1) is 11.1. The Morgan fingerprint density at radius 3 is 2.57 bits per heavy atom. The molecule has 0 spiro atoms. The van der Waals surface area contributed by atoms with Crippen molar-refractivity contribution in [3.8, 4) is 5.75 Å². The van der Waals surface area contributed by atoms with Gasteiger partial charge in [0.05, 0.1) is 4.47 Å². The van der Waals surface area contributed by atoms with Crippen molar-refractivity contribution < 1.29 is 9.53 Å². The molecule has 3 N–H and O–H groups in total. The molecule has 1 amide bonds. The first kappa shape index (κ1) is 17.5. The highest BCUT2D eigenvalue weighted by Crippen LogP contribution is 2.24. The summed E-state index contributed by atoms with van der Waals surface area (Å²) in [5.41, 5.74) is 7.31. The van der Waals surface area contributed by atoms with Crippen molar-refractivity contribution >= 4 is 21.8 Å². The van der Waals surface area contributed by atoms with E-state index in [0.29, 0.717) is 18.7 Å². The first-order valence-electron chi connectivity index (χ1n) is 7.56. The molecule has 0 fully saturated rings. The predicted molar refractivity (Wildman–Crippen MR) is 95.5 cm³/mol. The minimum Gasteiger partial charge on any atom is -0.488 e. The van der Waals surface area contributed by atoms with Crippen LogP contribution in [0.5, 0.6) is 5.75 Å². The van der Waals surface area contributed by atoms with Crippen LogP contribution in [0.3, 0.4) is 0 Å². The van der Waals surface area contributed by atoms with Crippen LogP contribution in [0.1, 0.15) is 29.3 Å². The number of amides is 1. The zero-order valence-corrected chi connectivity index (χ0v) is 14.7. The molecule has 0 aliphatic carbocycles. The van der Waals surface area contributed by atoms with Gasteiger partial charge in [0.1, 0.15) is 12.4 Å². The van der Waals surface area contributed by atoms with E-state index in [2.05, 4.69) is 21.2 Å². The second-order valence-corrected chi connectivity index (χ2v) is 6.29. The molecule has 1 atom stereocenters.